The molecule has 0 spiro atoms. The highest BCUT2D eigenvalue weighted by molar-refractivity contribution is 5.79. The molecule has 6 heteroatoms. The van der Waals surface area contributed by atoms with Gasteiger partial charge in [0.25, 0.3) is 5.89 Å². The summed E-state index contributed by atoms with van der Waals surface area (Å²) < 4.78 is 5.51. The molecule has 3 aromatic rings. The van der Waals surface area contributed by atoms with Gasteiger partial charge in [-0.2, -0.15) is 4.98 Å². The molecule has 4 rings (SSSR count). The van der Waals surface area contributed by atoms with Crippen molar-refractivity contribution in [1.82, 2.24) is 15.0 Å². The van der Waals surface area contributed by atoms with Crippen LogP contribution in [0.2, 0.25) is 0 Å². The van der Waals surface area contributed by atoms with Crippen LogP contribution < -0.4 is 4.90 Å². The lowest BCUT2D eigenvalue weighted by molar-refractivity contribution is -0.127. The van der Waals surface area contributed by atoms with E-state index in [9.17, 15) is 4.79 Å². The molecule has 150 valence electrons. The summed E-state index contributed by atoms with van der Waals surface area (Å²) in [7, 11) is 3.99. The summed E-state index contributed by atoms with van der Waals surface area (Å²) in [5, 5.41) is 4.18. The molecule has 1 fully saturated rings. The van der Waals surface area contributed by atoms with Gasteiger partial charge in [-0.15, -0.1) is 0 Å². The van der Waals surface area contributed by atoms with Gasteiger partial charge in [0.15, 0.2) is 5.82 Å². The van der Waals surface area contributed by atoms with Gasteiger partial charge in [0.1, 0.15) is 0 Å². The Hall–Kier alpha value is -3.15. The molecule has 1 saturated heterocycles. The number of amides is 1. The normalized spacial score (nSPS) is 17.6. The van der Waals surface area contributed by atoms with Crippen LogP contribution in [0.25, 0.3) is 11.5 Å². The molecule has 2 atom stereocenters. The van der Waals surface area contributed by atoms with Crippen molar-refractivity contribution in [2.75, 3.05) is 32.1 Å². The first-order valence-electron chi connectivity index (χ1n) is 9.95. The Labute approximate surface area is 171 Å². The zero-order valence-corrected chi connectivity index (χ0v) is 17.1. The Morgan fingerprint density at radius 3 is 2.72 bits per heavy atom. The van der Waals surface area contributed by atoms with Gasteiger partial charge in [-0.3, -0.25) is 4.79 Å². The highest BCUT2D eigenvalue weighted by Crippen LogP contribution is 2.30. The molecule has 29 heavy (non-hydrogen) atoms. The van der Waals surface area contributed by atoms with Crippen molar-refractivity contribution >= 4 is 11.6 Å². The molecule has 0 saturated carbocycles. The fourth-order valence-corrected chi connectivity index (χ4v) is 3.77. The molecule has 1 amide bonds. The SMILES string of the molecule is CC(CN1CC(c2noc(-c3cccc(N(C)C)c3)n2)CC1=O)c1ccccc1. The third-order valence-corrected chi connectivity index (χ3v) is 5.49. The highest BCUT2D eigenvalue weighted by Gasteiger charge is 2.34. The minimum absolute atomic E-state index is 0.0278. The van der Waals surface area contributed by atoms with Crippen LogP contribution in [0.4, 0.5) is 5.69 Å². The monoisotopic (exact) mass is 390 g/mol. The van der Waals surface area contributed by atoms with Crippen LogP contribution in [0.15, 0.2) is 59.1 Å². The largest absolute Gasteiger partial charge is 0.378 e. The molecular weight excluding hydrogens is 364 g/mol. The van der Waals surface area contributed by atoms with Crippen LogP contribution in [0, 0.1) is 0 Å². The Morgan fingerprint density at radius 1 is 1.17 bits per heavy atom. The predicted octanol–water partition coefficient (Wildman–Crippen LogP) is 3.92. The first-order valence-corrected chi connectivity index (χ1v) is 9.95. The lowest BCUT2D eigenvalue weighted by Crippen LogP contribution is -2.29. The summed E-state index contributed by atoms with van der Waals surface area (Å²) in [5.41, 5.74) is 3.19. The summed E-state index contributed by atoms with van der Waals surface area (Å²) in [5.74, 6) is 1.51. The van der Waals surface area contributed by atoms with Gasteiger partial charge < -0.3 is 14.3 Å². The van der Waals surface area contributed by atoms with E-state index in [-0.39, 0.29) is 17.7 Å². The average molecular weight is 390 g/mol. The van der Waals surface area contributed by atoms with E-state index in [1.165, 1.54) is 5.56 Å². The van der Waals surface area contributed by atoms with Crippen LogP contribution in [0.3, 0.4) is 0 Å². The second-order valence-corrected chi connectivity index (χ2v) is 7.91. The van der Waals surface area contributed by atoms with Crippen LogP contribution in [0.5, 0.6) is 0 Å². The van der Waals surface area contributed by atoms with Crippen molar-refractivity contribution < 1.29 is 9.32 Å². The minimum atomic E-state index is -0.0278. The van der Waals surface area contributed by atoms with Crippen molar-refractivity contribution in [2.24, 2.45) is 0 Å². The van der Waals surface area contributed by atoms with Gasteiger partial charge in [-0.05, 0) is 29.7 Å². The van der Waals surface area contributed by atoms with E-state index in [2.05, 4.69) is 29.2 Å². The molecule has 1 aliphatic heterocycles. The number of carbonyl (C=O) groups excluding carboxylic acids is 1. The van der Waals surface area contributed by atoms with E-state index in [1.807, 2.05) is 66.4 Å². The molecule has 0 N–H and O–H groups in total. The Morgan fingerprint density at radius 2 is 1.97 bits per heavy atom. The second kappa shape index (κ2) is 8.07. The number of aromatic nitrogens is 2. The third-order valence-electron chi connectivity index (χ3n) is 5.49. The molecule has 0 radical (unpaired) electrons. The lowest BCUT2D eigenvalue weighted by atomic mass is 10.0. The number of anilines is 1. The number of carbonyl (C=O) groups is 1. The fourth-order valence-electron chi connectivity index (χ4n) is 3.77. The van der Waals surface area contributed by atoms with Gasteiger partial charge in [0.05, 0.1) is 0 Å². The van der Waals surface area contributed by atoms with E-state index in [0.717, 1.165) is 11.3 Å². The van der Waals surface area contributed by atoms with Crippen molar-refractivity contribution in [3.8, 4) is 11.5 Å². The van der Waals surface area contributed by atoms with Gasteiger partial charge in [0, 0.05) is 50.8 Å². The quantitative estimate of drug-likeness (QED) is 0.638. The van der Waals surface area contributed by atoms with Gasteiger partial charge in [-0.25, -0.2) is 0 Å². The third kappa shape index (κ3) is 4.16. The minimum Gasteiger partial charge on any atom is -0.378 e. The molecule has 1 aliphatic rings. The van der Waals surface area contributed by atoms with Crippen molar-refractivity contribution in [3.05, 3.63) is 66.0 Å². The molecule has 1 aromatic heterocycles. The number of rotatable bonds is 6. The van der Waals surface area contributed by atoms with Crippen molar-refractivity contribution in [2.45, 2.75) is 25.2 Å². The molecule has 2 unspecified atom stereocenters. The molecule has 0 aliphatic carbocycles. The maximum absolute atomic E-state index is 12.6. The summed E-state index contributed by atoms with van der Waals surface area (Å²) in [6.45, 7) is 3.49. The second-order valence-electron chi connectivity index (χ2n) is 7.91. The summed E-state index contributed by atoms with van der Waals surface area (Å²) in [6.07, 6.45) is 0.429. The molecule has 2 aromatic carbocycles. The zero-order valence-electron chi connectivity index (χ0n) is 17.1. The molecule has 2 heterocycles. The van der Waals surface area contributed by atoms with E-state index in [0.29, 0.717) is 31.2 Å². The first-order chi connectivity index (χ1) is 14.0. The van der Waals surface area contributed by atoms with Gasteiger partial charge in [-0.1, -0.05) is 48.5 Å². The maximum atomic E-state index is 12.6. The fraction of sp³-hybridized carbons (Fsp3) is 0.348. The van der Waals surface area contributed by atoms with Crippen molar-refractivity contribution in [3.63, 3.8) is 0 Å². The smallest absolute Gasteiger partial charge is 0.258 e. The Kier molecular flexibility index (Phi) is 5.34. The lowest BCUT2D eigenvalue weighted by Gasteiger charge is -2.21. The summed E-state index contributed by atoms with van der Waals surface area (Å²) in [4.78, 5) is 21.1. The summed E-state index contributed by atoms with van der Waals surface area (Å²) >= 11 is 0. The molecular formula is C23H26N4O2. The van der Waals surface area contributed by atoms with Gasteiger partial charge in [0.2, 0.25) is 5.91 Å². The van der Waals surface area contributed by atoms with E-state index < -0.39 is 0 Å². The Balaban J connectivity index is 1.45. The average Bonchev–Trinajstić information content (AvgIpc) is 3.36. The van der Waals surface area contributed by atoms with Crippen LogP contribution in [0.1, 0.15) is 36.6 Å². The van der Waals surface area contributed by atoms with Crippen LogP contribution in [-0.2, 0) is 4.79 Å². The highest BCUT2D eigenvalue weighted by atomic mass is 16.5. The molecule has 0 bridgehead atoms. The van der Waals surface area contributed by atoms with Crippen LogP contribution >= 0.6 is 0 Å². The van der Waals surface area contributed by atoms with Crippen molar-refractivity contribution in [1.29, 1.82) is 0 Å². The van der Waals surface area contributed by atoms with Crippen LogP contribution in [-0.4, -0.2) is 48.1 Å². The summed E-state index contributed by atoms with van der Waals surface area (Å²) in [6, 6.07) is 18.3. The molecule has 6 nitrogen and oxygen atoms in total. The zero-order chi connectivity index (χ0) is 20.4. The van der Waals surface area contributed by atoms with E-state index >= 15 is 0 Å². The maximum Gasteiger partial charge on any atom is 0.258 e. The van der Waals surface area contributed by atoms with Gasteiger partial charge >= 0.3 is 0 Å². The number of hydrogen-bond acceptors (Lipinski definition) is 5. The topological polar surface area (TPSA) is 62.5 Å². The Bertz CT molecular complexity index is 983. The number of likely N-dealkylation sites (tertiary alicyclic amines) is 1. The predicted molar refractivity (Wildman–Crippen MR) is 113 cm³/mol. The van der Waals surface area contributed by atoms with E-state index in [1.54, 1.807) is 0 Å². The number of nitrogens with zero attached hydrogens (tertiary/aromatic N) is 4. The van der Waals surface area contributed by atoms with E-state index in [4.69, 9.17) is 4.52 Å². The number of hydrogen-bond donors (Lipinski definition) is 0. The number of benzene rings is 2. The first kappa shape index (κ1) is 19.2. The standard InChI is InChI=1S/C23H26N4O2/c1-16(17-8-5-4-6-9-17)14-27-15-19(13-21(27)28)22-24-23(29-25-22)18-10-7-11-20(12-18)26(2)3/h4-12,16,19H,13-15H2,1-3H3.